The fourth-order valence-electron chi connectivity index (χ4n) is 6.30. The molecule has 0 aromatic rings. The van der Waals surface area contributed by atoms with Gasteiger partial charge in [0.05, 0.1) is 0 Å². The van der Waals surface area contributed by atoms with E-state index in [0.29, 0.717) is 0 Å². The van der Waals surface area contributed by atoms with Gasteiger partial charge in [0, 0.05) is 0 Å². The summed E-state index contributed by atoms with van der Waals surface area (Å²) in [5.74, 6) is 0. The van der Waals surface area contributed by atoms with Crippen LogP contribution >= 0.6 is 0 Å². The molecule has 0 aromatic heterocycles. The molecular weight excluding hydrogens is 363 g/mol. The van der Waals surface area contributed by atoms with Crippen molar-refractivity contribution in [3.8, 4) is 0 Å². The van der Waals surface area contributed by atoms with Crippen LogP contribution in [0, 0.1) is 0 Å². The second kappa shape index (κ2) is 9.22. The van der Waals surface area contributed by atoms with Crippen LogP contribution in [-0.2, 0) is 0 Å². The fourth-order valence-corrected chi connectivity index (χ4v) is 73.2. The van der Waals surface area contributed by atoms with Crippen molar-refractivity contribution in [2.24, 2.45) is 0 Å². The first-order valence-electron chi connectivity index (χ1n) is 9.26. The van der Waals surface area contributed by atoms with Crippen molar-refractivity contribution in [1.82, 2.24) is 0 Å². The van der Waals surface area contributed by atoms with Gasteiger partial charge in [0.15, 0.2) is 0 Å². The first-order valence-corrected chi connectivity index (χ1v) is 21.8. The van der Waals surface area contributed by atoms with Crippen LogP contribution in [0.4, 0.5) is 0 Å². The molecule has 2 heteroatoms. The van der Waals surface area contributed by atoms with Crippen LogP contribution in [0.15, 0.2) is 0 Å². The van der Waals surface area contributed by atoms with E-state index in [0.717, 1.165) is 16.6 Å². The van der Waals surface area contributed by atoms with Gasteiger partial charge in [0.2, 0.25) is 0 Å². The van der Waals surface area contributed by atoms with Gasteiger partial charge < -0.3 is 0 Å². The van der Waals surface area contributed by atoms with Crippen LogP contribution < -0.4 is 0 Å². The monoisotopic (exact) mass is 406 g/mol. The van der Waals surface area contributed by atoms with Crippen molar-refractivity contribution in [2.75, 3.05) is 0 Å². The summed E-state index contributed by atoms with van der Waals surface area (Å²) in [6.07, 6.45) is 4.37. The van der Waals surface area contributed by atoms with Gasteiger partial charge in [-0.3, -0.25) is 0 Å². The summed E-state index contributed by atoms with van der Waals surface area (Å²) in [5.41, 5.74) is 1.81. The Bertz CT molecular complexity index is 219. The van der Waals surface area contributed by atoms with Crippen LogP contribution in [0.2, 0.25) is 29.9 Å². The van der Waals surface area contributed by atoms with Gasteiger partial charge in [-0.15, -0.1) is 0 Å². The summed E-state index contributed by atoms with van der Waals surface area (Å²) in [7, 11) is 0. The van der Waals surface area contributed by atoms with Crippen molar-refractivity contribution >= 4 is 23.2 Å². The Morgan fingerprint density at radius 2 is 0.850 bits per heavy atom. The predicted molar refractivity (Wildman–Crippen MR) is 102 cm³/mol. The van der Waals surface area contributed by atoms with E-state index in [2.05, 4.69) is 62.3 Å². The maximum atomic E-state index is 2.60. The third-order valence-electron chi connectivity index (χ3n) is 5.97. The molecule has 0 unspecified atom stereocenters. The zero-order chi connectivity index (χ0) is 16.0. The van der Waals surface area contributed by atoms with Gasteiger partial charge in [-0.2, -0.15) is 0 Å². The molecule has 0 bridgehead atoms. The molecule has 122 valence electrons. The first kappa shape index (κ1) is 21.0. The van der Waals surface area contributed by atoms with Gasteiger partial charge in [0.25, 0.3) is 0 Å². The Balaban J connectivity index is 6.07. The fraction of sp³-hybridized carbons (Fsp3) is 1.00. The Labute approximate surface area is 134 Å². The topological polar surface area (TPSA) is 0 Å². The van der Waals surface area contributed by atoms with Crippen molar-refractivity contribution < 1.29 is 0 Å². The Hall–Kier alpha value is 1.02. The molecule has 0 aliphatic heterocycles. The molecule has 0 heterocycles. The van der Waals surface area contributed by atoms with Crippen LogP contribution in [0.1, 0.15) is 81.6 Å². The number of hydrogen-bond donors (Lipinski definition) is 0. The molecule has 0 rings (SSSR count). The van der Waals surface area contributed by atoms with E-state index in [1.54, 1.807) is 13.3 Å². The molecule has 0 saturated heterocycles. The summed E-state index contributed by atoms with van der Waals surface area (Å²) in [6, 6.07) is 0. The van der Waals surface area contributed by atoms with Gasteiger partial charge in [0.1, 0.15) is 0 Å². The Kier molecular flexibility index (Phi) is 9.69. The summed E-state index contributed by atoms with van der Waals surface area (Å²) in [5, 5.41) is 0. The number of hydrogen-bond acceptors (Lipinski definition) is 0. The van der Waals surface area contributed by atoms with E-state index < -0.39 is 23.2 Å². The van der Waals surface area contributed by atoms with E-state index in [-0.39, 0.29) is 0 Å². The van der Waals surface area contributed by atoms with Crippen LogP contribution in [0.5, 0.6) is 0 Å². The van der Waals surface area contributed by atoms with E-state index >= 15 is 0 Å². The minimum absolute atomic E-state index is 0.989. The third-order valence-corrected chi connectivity index (χ3v) is 61.6. The molecule has 0 nitrogen and oxygen atoms in total. The molecule has 0 aromatic carbocycles. The summed E-state index contributed by atoms with van der Waals surface area (Å²) >= 11 is -2.04. The van der Waals surface area contributed by atoms with Gasteiger partial charge in [-0.1, -0.05) is 0 Å². The van der Waals surface area contributed by atoms with Crippen molar-refractivity contribution in [2.45, 2.75) is 112 Å². The quantitative estimate of drug-likeness (QED) is 0.332. The Morgan fingerprint density at radius 1 is 0.600 bits per heavy atom. The average molecular weight is 405 g/mol. The van der Waals surface area contributed by atoms with E-state index in [4.69, 9.17) is 0 Å². The molecule has 0 saturated carbocycles. The number of rotatable bonds is 10. The summed E-state index contributed by atoms with van der Waals surface area (Å²) in [4.78, 5) is 0. The average Bonchev–Trinajstić information content (AvgIpc) is 2.28. The van der Waals surface area contributed by atoms with E-state index in [1.807, 2.05) is 0 Å². The molecule has 0 atom stereocenters. The Morgan fingerprint density at radius 3 is 1.00 bits per heavy atom. The standard InChI is InChI=1S/C9H21Si.3C3H7.Sn/c1-7(2)10(8(3)4)9(5)6;3*1-3-2;/h7-9H,1-6H3;3*1,3H2,2H3;. The minimum atomic E-state index is -2.04. The molecule has 0 radical (unpaired) electrons. The zero-order valence-electron chi connectivity index (χ0n) is 16.0. The maximum absolute atomic E-state index is 2.60. The van der Waals surface area contributed by atoms with Crippen LogP contribution in [0.25, 0.3) is 0 Å². The third kappa shape index (κ3) is 3.85. The molecule has 0 spiro atoms. The zero-order valence-corrected chi connectivity index (χ0v) is 19.8. The predicted octanol–water partition coefficient (Wildman–Crippen LogP) is 7.42. The molecule has 0 aliphatic carbocycles. The summed E-state index contributed by atoms with van der Waals surface area (Å²) in [6.45, 7) is 22.9. The van der Waals surface area contributed by atoms with Crippen molar-refractivity contribution in [3.05, 3.63) is 0 Å². The van der Waals surface area contributed by atoms with E-state index in [9.17, 15) is 0 Å². The second-order valence-corrected chi connectivity index (χ2v) is 39.4. The molecule has 0 amide bonds. The molecule has 20 heavy (non-hydrogen) atoms. The molecule has 0 N–H and O–H groups in total. The van der Waals surface area contributed by atoms with Crippen LogP contribution in [-0.4, -0.2) is 23.2 Å². The normalized spacial score (nSPS) is 13.8. The van der Waals surface area contributed by atoms with E-state index in [1.165, 1.54) is 19.3 Å². The molecule has 0 aliphatic rings. The van der Waals surface area contributed by atoms with Gasteiger partial charge in [-0.05, 0) is 0 Å². The van der Waals surface area contributed by atoms with Gasteiger partial charge in [-0.25, -0.2) is 0 Å². The van der Waals surface area contributed by atoms with Crippen molar-refractivity contribution in [1.29, 1.82) is 0 Å². The van der Waals surface area contributed by atoms with Crippen molar-refractivity contribution in [3.63, 3.8) is 0 Å². The summed E-state index contributed by atoms with van der Waals surface area (Å²) < 4.78 is 5.03. The molecular formula is C18H42SiSn. The first-order chi connectivity index (χ1) is 9.26. The second-order valence-electron chi connectivity index (χ2n) is 7.93. The van der Waals surface area contributed by atoms with Crippen LogP contribution in [0.3, 0.4) is 0 Å². The van der Waals surface area contributed by atoms with Gasteiger partial charge >= 0.3 is 135 Å². The molecule has 0 fully saturated rings. The SMILES string of the molecule is CC[CH2][Sn]([CH2]CC)([CH2]CC)[Si](C(C)C)(C(C)C)C(C)C.